The van der Waals surface area contributed by atoms with E-state index < -0.39 is 0 Å². The highest BCUT2D eigenvalue weighted by Crippen LogP contribution is 2.35. The fraction of sp³-hybridized carbons (Fsp3) is 0.400. The Morgan fingerprint density at radius 3 is 2.35 bits per heavy atom. The Labute approximate surface area is 188 Å². The number of hydrogen-bond donors (Lipinski definition) is 1. The summed E-state index contributed by atoms with van der Waals surface area (Å²) >= 11 is 1.47. The van der Waals surface area contributed by atoms with Crippen LogP contribution in [0.5, 0.6) is 0 Å². The van der Waals surface area contributed by atoms with Crippen LogP contribution in [0.25, 0.3) is 5.69 Å². The van der Waals surface area contributed by atoms with Gasteiger partial charge in [0.2, 0.25) is 5.91 Å². The summed E-state index contributed by atoms with van der Waals surface area (Å²) in [4.78, 5) is 13.0. The van der Waals surface area contributed by atoms with Gasteiger partial charge in [-0.25, -0.2) is 0 Å². The zero-order valence-corrected chi connectivity index (χ0v) is 19.3. The Morgan fingerprint density at radius 1 is 1.00 bits per heavy atom. The first-order valence-corrected chi connectivity index (χ1v) is 12.0. The zero-order chi connectivity index (χ0) is 21.8. The maximum atomic E-state index is 13.0. The van der Waals surface area contributed by atoms with Crippen molar-refractivity contribution < 1.29 is 4.79 Å². The average molecular weight is 435 g/mol. The molecule has 1 amide bonds. The van der Waals surface area contributed by atoms with Gasteiger partial charge >= 0.3 is 0 Å². The van der Waals surface area contributed by atoms with Crippen LogP contribution >= 0.6 is 11.8 Å². The number of amides is 1. The Kier molecular flexibility index (Phi) is 6.76. The van der Waals surface area contributed by atoms with E-state index >= 15 is 0 Å². The summed E-state index contributed by atoms with van der Waals surface area (Å²) in [5, 5.41) is 12.7. The average Bonchev–Trinajstić information content (AvgIpc) is 3.21. The van der Waals surface area contributed by atoms with Crippen molar-refractivity contribution in [2.45, 2.75) is 69.2 Å². The molecule has 0 bridgehead atoms. The van der Waals surface area contributed by atoms with Crippen molar-refractivity contribution in [3.63, 3.8) is 0 Å². The Morgan fingerprint density at radius 2 is 1.68 bits per heavy atom. The maximum Gasteiger partial charge on any atom is 0.237 e. The SMILES string of the molecule is Cc1cccc(C)c1NC(=O)C(C)Sc1nnc(C2CCCCC2)n1-c1ccccc1. The van der Waals surface area contributed by atoms with Crippen molar-refractivity contribution in [3.05, 3.63) is 65.5 Å². The smallest absolute Gasteiger partial charge is 0.237 e. The van der Waals surface area contributed by atoms with Gasteiger partial charge in [0.15, 0.2) is 5.16 Å². The zero-order valence-electron chi connectivity index (χ0n) is 18.5. The Bertz CT molecular complexity index is 1020. The fourth-order valence-corrected chi connectivity index (χ4v) is 5.13. The molecule has 1 atom stereocenters. The van der Waals surface area contributed by atoms with E-state index in [0.717, 1.165) is 46.3 Å². The van der Waals surface area contributed by atoms with E-state index in [-0.39, 0.29) is 11.2 Å². The molecule has 3 aromatic rings. The van der Waals surface area contributed by atoms with Gasteiger partial charge in [0.05, 0.1) is 5.25 Å². The molecule has 162 valence electrons. The minimum Gasteiger partial charge on any atom is -0.325 e. The molecule has 0 saturated heterocycles. The number of anilines is 1. The second-order valence-electron chi connectivity index (χ2n) is 8.36. The van der Waals surface area contributed by atoms with E-state index in [9.17, 15) is 4.79 Å². The molecule has 2 aromatic carbocycles. The molecule has 1 N–H and O–H groups in total. The van der Waals surface area contributed by atoms with Gasteiger partial charge in [-0.15, -0.1) is 10.2 Å². The number of aryl methyl sites for hydroxylation is 2. The normalized spacial score (nSPS) is 15.6. The number of nitrogens with zero attached hydrogens (tertiary/aromatic N) is 3. The van der Waals surface area contributed by atoms with E-state index in [1.165, 1.54) is 31.0 Å². The number of thioether (sulfide) groups is 1. The van der Waals surface area contributed by atoms with E-state index in [1.807, 2.05) is 57.2 Å². The molecule has 1 aromatic heterocycles. The van der Waals surface area contributed by atoms with Crippen LogP contribution in [0.2, 0.25) is 0 Å². The number of carbonyl (C=O) groups is 1. The first kappa shape index (κ1) is 21.6. The van der Waals surface area contributed by atoms with Crippen LogP contribution in [0.15, 0.2) is 53.7 Å². The molecular formula is C25H30N4OS. The summed E-state index contributed by atoms with van der Waals surface area (Å²) in [6.45, 7) is 5.96. The van der Waals surface area contributed by atoms with Crippen LogP contribution < -0.4 is 5.32 Å². The van der Waals surface area contributed by atoms with E-state index in [0.29, 0.717) is 5.92 Å². The number of benzene rings is 2. The predicted octanol–water partition coefficient (Wildman–Crippen LogP) is 6.05. The van der Waals surface area contributed by atoms with Gasteiger partial charge < -0.3 is 5.32 Å². The third kappa shape index (κ3) is 4.85. The van der Waals surface area contributed by atoms with Crippen LogP contribution in [-0.4, -0.2) is 25.9 Å². The van der Waals surface area contributed by atoms with E-state index in [1.54, 1.807) is 0 Å². The lowest BCUT2D eigenvalue weighted by Gasteiger charge is -2.22. The molecule has 4 rings (SSSR count). The molecule has 1 heterocycles. The van der Waals surface area contributed by atoms with E-state index in [4.69, 9.17) is 0 Å². The van der Waals surface area contributed by atoms with Gasteiger partial charge in [-0.1, -0.05) is 67.4 Å². The van der Waals surface area contributed by atoms with Crippen molar-refractivity contribution in [1.82, 2.24) is 14.8 Å². The van der Waals surface area contributed by atoms with Crippen molar-refractivity contribution in [3.8, 4) is 5.69 Å². The molecule has 1 saturated carbocycles. The highest BCUT2D eigenvalue weighted by atomic mass is 32.2. The number of aromatic nitrogens is 3. The fourth-order valence-electron chi connectivity index (χ4n) is 4.25. The quantitative estimate of drug-likeness (QED) is 0.480. The minimum atomic E-state index is -0.301. The molecule has 1 unspecified atom stereocenters. The van der Waals surface area contributed by atoms with Gasteiger partial charge in [0.25, 0.3) is 0 Å². The molecule has 1 aliphatic rings. The largest absolute Gasteiger partial charge is 0.325 e. The van der Waals surface area contributed by atoms with Crippen LogP contribution in [0.4, 0.5) is 5.69 Å². The first-order chi connectivity index (χ1) is 15.0. The highest BCUT2D eigenvalue weighted by molar-refractivity contribution is 8.00. The second-order valence-corrected chi connectivity index (χ2v) is 9.67. The molecule has 1 aliphatic carbocycles. The van der Waals surface area contributed by atoms with E-state index in [2.05, 4.69) is 32.2 Å². The van der Waals surface area contributed by atoms with Gasteiger partial charge in [-0.3, -0.25) is 9.36 Å². The Balaban J connectivity index is 1.59. The van der Waals surface area contributed by atoms with Crippen molar-refractivity contribution >= 4 is 23.4 Å². The molecule has 0 spiro atoms. The van der Waals surface area contributed by atoms with Crippen LogP contribution in [-0.2, 0) is 4.79 Å². The van der Waals surface area contributed by atoms with Gasteiger partial charge in [0, 0.05) is 17.3 Å². The van der Waals surface area contributed by atoms with Crippen LogP contribution in [0.3, 0.4) is 0 Å². The topological polar surface area (TPSA) is 59.8 Å². The molecule has 5 nitrogen and oxygen atoms in total. The van der Waals surface area contributed by atoms with Gasteiger partial charge in [0.1, 0.15) is 5.82 Å². The molecule has 0 radical (unpaired) electrons. The number of rotatable bonds is 6. The number of para-hydroxylation sites is 2. The third-order valence-electron chi connectivity index (χ3n) is 6.02. The first-order valence-electron chi connectivity index (χ1n) is 11.1. The Hall–Kier alpha value is -2.60. The lowest BCUT2D eigenvalue weighted by atomic mass is 9.88. The lowest BCUT2D eigenvalue weighted by Crippen LogP contribution is -2.24. The molecule has 0 aliphatic heterocycles. The standard InChI is InChI=1S/C25H30N4OS/c1-17-11-10-12-18(2)22(17)26-24(30)19(3)31-25-28-27-23(20-13-6-4-7-14-20)29(25)21-15-8-5-9-16-21/h5,8-12,15-16,19-20H,4,6-7,13-14H2,1-3H3,(H,26,30). The van der Waals surface area contributed by atoms with Crippen molar-refractivity contribution in [2.24, 2.45) is 0 Å². The lowest BCUT2D eigenvalue weighted by molar-refractivity contribution is -0.115. The molecule has 31 heavy (non-hydrogen) atoms. The second kappa shape index (κ2) is 9.69. The summed E-state index contributed by atoms with van der Waals surface area (Å²) in [6.07, 6.45) is 6.08. The monoisotopic (exact) mass is 434 g/mol. The molecule has 1 fully saturated rings. The van der Waals surface area contributed by atoms with Gasteiger partial charge in [-0.2, -0.15) is 0 Å². The number of carbonyl (C=O) groups excluding carboxylic acids is 1. The number of hydrogen-bond acceptors (Lipinski definition) is 4. The van der Waals surface area contributed by atoms with Gasteiger partial charge in [-0.05, 0) is 56.9 Å². The maximum absolute atomic E-state index is 13.0. The summed E-state index contributed by atoms with van der Waals surface area (Å²) < 4.78 is 2.16. The molecule has 6 heteroatoms. The predicted molar refractivity (Wildman–Crippen MR) is 127 cm³/mol. The summed E-state index contributed by atoms with van der Waals surface area (Å²) in [7, 11) is 0. The summed E-state index contributed by atoms with van der Waals surface area (Å²) in [5.74, 6) is 1.43. The summed E-state index contributed by atoms with van der Waals surface area (Å²) in [5.41, 5.74) is 4.08. The van der Waals surface area contributed by atoms with Crippen molar-refractivity contribution in [1.29, 1.82) is 0 Å². The van der Waals surface area contributed by atoms with Crippen LogP contribution in [0, 0.1) is 13.8 Å². The number of nitrogens with one attached hydrogen (secondary N) is 1. The molecular weight excluding hydrogens is 404 g/mol. The van der Waals surface area contributed by atoms with Crippen molar-refractivity contribution in [2.75, 3.05) is 5.32 Å². The highest BCUT2D eigenvalue weighted by Gasteiger charge is 2.26. The third-order valence-corrected chi connectivity index (χ3v) is 7.07. The minimum absolute atomic E-state index is 0.0239. The summed E-state index contributed by atoms with van der Waals surface area (Å²) in [6, 6.07) is 16.3. The van der Waals surface area contributed by atoms with Crippen LogP contribution in [0.1, 0.15) is 61.9 Å².